The van der Waals surface area contributed by atoms with Crippen molar-refractivity contribution in [2.24, 2.45) is 0 Å². The summed E-state index contributed by atoms with van der Waals surface area (Å²) in [6.07, 6.45) is 1.38. The van der Waals surface area contributed by atoms with Gasteiger partial charge in [0.15, 0.2) is 6.61 Å². The molecule has 0 spiro atoms. The molecule has 8 nitrogen and oxygen atoms in total. The Balaban J connectivity index is 2.09. The molecular formula is C20H16N2O6. The number of nitrogens with one attached hydrogen (secondary N) is 1. The number of carboxylic acid groups (broad SMARTS) is 1. The molecule has 0 bridgehead atoms. The molecule has 28 heavy (non-hydrogen) atoms. The fourth-order valence-electron chi connectivity index (χ4n) is 2.11. The van der Waals surface area contributed by atoms with Crippen LogP contribution in [0.3, 0.4) is 0 Å². The van der Waals surface area contributed by atoms with Crippen LogP contribution in [0.15, 0.2) is 54.1 Å². The van der Waals surface area contributed by atoms with Gasteiger partial charge in [0.05, 0.1) is 12.7 Å². The number of nitriles is 1. The lowest BCUT2D eigenvalue weighted by atomic mass is 10.1. The predicted molar refractivity (Wildman–Crippen MR) is 99.6 cm³/mol. The number of esters is 1. The second kappa shape index (κ2) is 9.54. The standard InChI is InChI=1S/C20H16N2O6/c1-27-18(23)12-28-17-7-5-13(6-8-17)9-15(11-21)19(24)22-16-4-2-3-14(10-16)20(25)26/h2-10H,12H2,1H3,(H,22,24)(H,25,26)/b15-9-. The molecule has 2 N–H and O–H groups in total. The molecule has 2 aromatic rings. The number of carbonyl (C=O) groups is 3. The minimum atomic E-state index is -1.12. The zero-order valence-corrected chi connectivity index (χ0v) is 14.8. The Bertz CT molecular complexity index is 957. The minimum absolute atomic E-state index is 0.0165. The molecule has 0 aliphatic heterocycles. The molecule has 0 unspecified atom stereocenters. The maximum atomic E-state index is 12.3. The number of rotatable bonds is 7. The Labute approximate surface area is 160 Å². The first kappa shape index (κ1) is 20.2. The summed E-state index contributed by atoms with van der Waals surface area (Å²) in [5.74, 6) is -1.88. The number of carbonyl (C=O) groups excluding carboxylic acids is 2. The summed E-state index contributed by atoms with van der Waals surface area (Å²) < 4.78 is 9.69. The molecule has 2 aromatic carbocycles. The zero-order chi connectivity index (χ0) is 20.5. The van der Waals surface area contributed by atoms with Crippen molar-refractivity contribution < 1.29 is 29.0 Å². The van der Waals surface area contributed by atoms with E-state index in [9.17, 15) is 19.6 Å². The number of methoxy groups -OCH3 is 1. The van der Waals surface area contributed by atoms with E-state index in [2.05, 4.69) is 10.1 Å². The molecule has 0 saturated carbocycles. The van der Waals surface area contributed by atoms with Gasteiger partial charge < -0.3 is 19.9 Å². The van der Waals surface area contributed by atoms with Crippen LogP contribution in [0.1, 0.15) is 15.9 Å². The van der Waals surface area contributed by atoms with E-state index in [0.29, 0.717) is 11.3 Å². The number of nitrogens with zero attached hydrogens (tertiary/aromatic N) is 1. The molecule has 0 aromatic heterocycles. The van der Waals surface area contributed by atoms with Crippen molar-refractivity contribution in [1.29, 1.82) is 5.26 Å². The molecule has 142 valence electrons. The Morgan fingerprint density at radius 2 is 1.89 bits per heavy atom. The number of carboxylic acids is 1. The molecule has 0 radical (unpaired) electrons. The Kier molecular flexibility index (Phi) is 6.88. The van der Waals surface area contributed by atoms with Crippen LogP contribution in [0.5, 0.6) is 5.75 Å². The van der Waals surface area contributed by atoms with E-state index in [4.69, 9.17) is 9.84 Å². The highest BCUT2D eigenvalue weighted by atomic mass is 16.6. The molecule has 0 saturated heterocycles. The Morgan fingerprint density at radius 1 is 1.18 bits per heavy atom. The fraction of sp³-hybridized carbons (Fsp3) is 0.100. The van der Waals surface area contributed by atoms with E-state index in [1.54, 1.807) is 24.3 Å². The quantitative estimate of drug-likeness (QED) is 0.429. The van der Waals surface area contributed by atoms with Crippen molar-refractivity contribution in [3.63, 3.8) is 0 Å². The van der Waals surface area contributed by atoms with Gasteiger partial charge in [0.1, 0.15) is 17.4 Å². The number of amides is 1. The number of hydrogen-bond donors (Lipinski definition) is 2. The van der Waals surface area contributed by atoms with Gasteiger partial charge in [-0.2, -0.15) is 5.26 Å². The number of anilines is 1. The van der Waals surface area contributed by atoms with Gasteiger partial charge in [-0.15, -0.1) is 0 Å². The third kappa shape index (κ3) is 5.71. The van der Waals surface area contributed by atoms with Crippen molar-refractivity contribution in [2.75, 3.05) is 19.0 Å². The third-order valence-electron chi connectivity index (χ3n) is 3.51. The van der Waals surface area contributed by atoms with E-state index in [1.807, 2.05) is 6.07 Å². The van der Waals surface area contributed by atoms with Gasteiger partial charge in [0.25, 0.3) is 5.91 Å². The molecular weight excluding hydrogens is 364 g/mol. The van der Waals surface area contributed by atoms with Crippen LogP contribution in [-0.2, 0) is 14.3 Å². The van der Waals surface area contributed by atoms with Crippen LogP contribution in [0.4, 0.5) is 5.69 Å². The van der Waals surface area contributed by atoms with Crippen molar-refractivity contribution >= 4 is 29.6 Å². The summed E-state index contributed by atoms with van der Waals surface area (Å²) in [5.41, 5.74) is 0.681. The maximum absolute atomic E-state index is 12.3. The molecule has 0 atom stereocenters. The highest BCUT2D eigenvalue weighted by Gasteiger charge is 2.11. The average molecular weight is 380 g/mol. The van der Waals surface area contributed by atoms with Crippen LogP contribution < -0.4 is 10.1 Å². The second-order valence-electron chi connectivity index (χ2n) is 5.44. The predicted octanol–water partition coefficient (Wildman–Crippen LogP) is 2.48. The van der Waals surface area contributed by atoms with Gasteiger partial charge in [-0.05, 0) is 42.0 Å². The van der Waals surface area contributed by atoms with E-state index < -0.39 is 17.8 Å². The van der Waals surface area contributed by atoms with Crippen LogP contribution in [0.2, 0.25) is 0 Å². The highest BCUT2D eigenvalue weighted by Crippen LogP contribution is 2.16. The van der Waals surface area contributed by atoms with Crippen LogP contribution in [0, 0.1) is 11.3 Å². The average Bonchev–Trinajstić information content (AvgIpc) is 2.71. The van der Waals surface area contributed by atoms with Crippen molar-refractivity contribution in [2.45, 2.75) is 0 Å². The third-order valence-corrected chi connectivity index (χ3v) is 3.51. The number of aromatic carboxylic acids is 1. The summed E-state index contributed by atoms with van der Waals surface area (Å²) in [6, 6.07) is 13.9. The molecule has 0 aliphatic rings. The van der Waals surface area contributed by atoms with Crippen LogP contribution in [0.25, 0.3) is 6.08 Å². The highest BCUT2D eigenvalue weighted by molar-refractivity contribution is 6.10. The molecule has 8 heteroatoms. The van der Waals surface area contributed by atoms with Gasteiger partial charge in [0.2, 0.25) is 0 Å². The number of benzene rings is 2. The smallest absolute Gasteiger partial charge is 0.343 e. The second-order valence-corrected chi connectivity index (χ2v) is 5.44. The maximum Gasteiger partial charge on any atom is 0.343 e. The lowest BCUT2D eigenvalue weighted by Crippen LogP contribution is -2.14. The fourth-order valence-corrected chi connectivity index (χ4v) is 2.11. The Morgan fingerprint density at radius 3 is 2.50 bits per heavy atom. The molecule has 0 heterocycles. The molecule has 2 rings (SSSR count). The molecule has 0 aliphatic carbocycles. The lowest BCUT2D eigenvalue weighted by molar-refractivity contribution is -0.142. The molecule has 1 amide bonds. The van der Waals surface area contributed by atoms with E-state index in [0.717, 1.165) is 0 Å². The van der Waals surface area contributed by atoms with Crippen LogP contribution >= 0.6 is 0 Å². The SMILES string of the molecule is COC(=O)COc1ccc(/C=C(/C#N)C(=O)Nc2cccc(C(=O)O)c2)cc1. The van der Waals surface area contributed by atoms with E-state index in [-0.39, 0.29) is 23.4 Å². The first-order valence-corrected chi connectivity index (χ1v) is 7.99. The van der Waals surface area contributed by atoms with Gasteiger partial charge in [-0.3, -0.25) is 4.79 Å². The number of hydrogen-bond acceptors (Lipinski definition) is 6. The van der Waals surface area contributed by atoms with E-state index >= 15 is 0 Å². The van der Waals surface area contributed by atoms with Gasteiger partial charge in [0, 0.05) is 5.69 Å². The Hall–Kier alpha value is -4.12. The van der Waals surface area contributed by atoms with Gasteiger partial charge >= 0.3 is 11.9 Å². The van der Waals surface area contributed by atoms with E-state index in [1.165, 1.54) is 37.5 Å². The van der Waals surface area contributed by atoms with Crippen LogP contribution in [-0.4, -0.2) is 36.7 Å². The topological polar surface area (TPSA) is 126 Å². The zero-order valence-electron chi connectivity index (χ0n) is 14.8. The summed E-state index contributed by atoms with van der Waals surface area (Å²) in [4.78, 5) is 34.3. The normalized spacial score (nSPS) is 10.5. The minimum Gasteiger partial charge on any atom is -0.482 e. The summed E-state index contributed by atoms with van der Waals surface area (Å²) in [6.45, 7) is -0.229. The van der Waals surface area contributed by atoms with Crippen molar-refractivity contribution in [3.05, 3.63) is 65.2 Å². The largest absolute Gasteiger partial charge is 0.482 e. The van der Waals surface area contributed by atoms with Crippen molar-refractivity contribution in [3.8, 4) is 11.8 Å². The van der Waals surface area contributed by atoms with Gasteiger partial charge in [-0.1, -0.05) is 18.2 Å². The first-order valence-electron chi connectivity index (χ1n) is 7.99. The first-order chi connectivity index (χ1) is 13.4. The summed E-state index contributed by atoms with van der Waals surface area (Å²) in [7, 11) is 1.26. The lowest BCUT2D eigenvalue weighted by Gasteiger charge is -2.06. The summed E-state index contributed by atoms with van der Waals surface area (Å²) in [5, 5.41) is 20.7. The number of ether oxygens (including phenoxy) is 2. The van der Waals surface area contributed by atoms with Crippen molar-refractivity contribution in [1.82, 2.24) is 0 Å². The molecule has 0 fully saturated rings. The summed E-state index contributed by atoms with van der Waals surface area (Å²) >= 11 is 0. The monoisotopic (exact) mass is 380 g/mol. The van der Waals surface area contributed by atoms with Gasteiger partial charge in [-0.25, -0.2) is 9.59 Å².